The van der Waals surface area contributed by atoms with Crippen LogP contribution in [0.5, 0.6) is 0 Å². The molecule has 0 unspecified atom stereocenters. The summed E-state index contributed by atoms with van der Waals surface area (Å²) in [6, 6.07) is 4.76. The van der Waals surface area contributed by atoms with E-state index >= 15 is 0 Å². The van der Waals surface area contributed by atoms with Gasteiger partial charge < -0.3 is 5.73 Å². The molecule has 5 heteroatoms. The molecule has 0 saturated carbocycles. The number of carbonyl (C=O) groups excluding carboxylic acids is 1. The van der Waals surface area contributed by atoms with Crippen LogP contribution in [0.4, 0.5) is 4.39 Å². The highest BCUT2D eigenvalue weighted by atomic mass is 79.9. The maximum atomic E-state index is 13.5. The molecular weight excluding hydrogens is 287 g/mol. The van der Waals surface area contributed by atoms with Crippen molar-refractivity contribution >= 4 is 21.8 Å². The standard InChI is InChI=1S/C12H16BrFN2O/c1-3-12(2,11(15)17)16-7-8-9(13)5-4-6-10(8)14/h4-6,16H,3,7H2,1-2H3,(H2,15,17)/t12-/m1/s1. The van der Waals surface area contributed by atoms with Crippen molar-refractivity contribution in [3.05, 3.63) is 34.1 Å². The van der Waals surface area contributed by atoms with Crippen molar-refractivity contribution in [3.8, 4) is 0 Å². The third-order valence-corrected chi connectivity index (χ3v) is 3.71. The van der Waals surface area contributed by atoms with E-state index in [0.29, 0.717) is 16.5 Å². The Hall–Kier alpha value is -0.940. The zero-order valence-electron chi connectivity index (χ0n) is 9.89. The average molecular weight is 303 g/mol. The van der Waals surface area contributed by atoms with E-state index in [1.54, 1.807) is 19.1 Å². The van der Waals surface area contributed by atoms with Crippen LogP contribution in [0.15, 0.2) is 22.7 Å². The van der Waals surface area contributed by atoms with Gasteiger partial charge in [-0.3, -0.25) is 10.1 Å². The third-order valence-electron chi connectivity index (χ3n) is 2.97. The lowest BCUT2D eigenvalue weighted by molar-refractivity contribution is -0.124. The maximum absolute atomic E-state index is 13.5. The number of nitrogens with one attached hydrogen (secondary N) is 1. The highest BCUT2D eigenvalue weighted by Crippen LogP contribution is 2.20. The van der Waals surface area contributed by atoms with E-state index in [2.05, 4.69) is 21.2 Å². The van der Waals surface area contributed by atoms with Crippen LogP contribution in [0.1, 0.15) is 25.8 Å². The summed E-state index contributed by atoms with van der Waals surface area (Å²) in [5.74, 6) is -0.748. The molecule has 0 radical (unpaired) electrons. The Bertz CT molecular complexity index is 405. The Morgan fingerprint density at radius 3 is 2.71 bits per heavy atom. The van der Waals surface area contributed by atoms with Crippen molar-refractivity contribution in [2.24, 2.45) is 5.73 Å². The molecular formula is C12H16BrFN2O. The Morgan fingerprint density at radius 2 is 2.24 bits per heavy atom. The van der Waals surface area contributed by atoms with Crippen LogP contribution in [-0.2, 0) is 11.3 Å². The van der Waals surface area contributed by atoms with Crippen molar-refractivity contribution in [1.29, 1.82) is 0 Å². The lowest BCUT2D eigenvalue weighted by Gasteiger charge is -2.26. The number of amides is 1. The van der Waals surface area contributed by atoms with Gasteiger partial charge in [-0.05, 0) is 25.5 Å². The number of hydrogen-bond donors (Lipinski definition) is 2. The second kappa shape index (κ2) is 5.60. The molecule has 0 aliphatic rings. The molecule has 0 aliphatic carbocycles. The molecule has 3 nitrogen and oxygen atoms in total. The molecule has 1 aromatic rings. The van der Waals surface area contributed by atoms with Crippen LogP contribution in [0, 0.1) is 5.82 Å². The summed E-state index contributed by atoms with van der Waals surface area (Å²) < 4.78 is 14.2. The lowest BCUT2D eigenvalue weighted by atomic mass is 9.97. The molecule has 0 aliphatic heterocycles. The minimum atomic E-state index is -0.818. The Balaban J connectivity index is 2.83. The van der Waals surface area contributed by atoms with E-state index in [1.807, 2.05) is 6.92 Å². The molecule has 0 spiro atoms. The van der Waals surface area contributed by atoms with E-state index in [4.69, 9.17) is 5.73 Å². The van der Waals surface area contributed by atoms with E-state index < -0.39 is 11.4 Å². The van der Waals surface area contributed by atoms with E-state index in [0.717, 1.165) is 0 Å². The zero-order chi connectivity index (χ0) is 13.1. The fraction of sp³-hybridized carbons (Fsp3) is 0.417. The number of hydrogen-bond acceptors (Lipinski definition) is 2. The lowest BCUT2D eigenvalue weighted by Crippen LogP contribution is -2.52. The van der Waals surface area contributed by atoms with Crippen LogP contribution >= 0.6 is 15.9 Å². The Morgan fingerprint density at radius 1 is 1.59 bits per heavy atom. The average Bonchev–Trinajstić information content (AvgIpc) is 2.27. The molecule has 1 amide bonds. The van der Waals surface area contributed by atoms with Crippen LogP contribution in [0.3, 0.4) is 0 Å². The summed E-state index contributed by atoms with van der Waals surface area (Å²) >= 11 is 3.28. The molecule has 0 bridgehead atoms. The van der Waals surface area contributed by atoms with Gasteiger partial charge in [-0.25, -0.2) is 4.39 Å². The number of carbonyl (C=O) groups is 1. The molecule has 0 fully saturated rings. The summed E-state index contributed by atoms with van der Waals surface area (Å²) in [5.41, 5.74) is 4.99. The minimum absolute atomic E-state index is 0.251. The van der Waals surface area contributed by atoms with Crippen LogP contribution in [0.2, 0.25) is 0 Å². The molecule has 0 aromatic heterocycles. The fourth-order valence-electron chi connectivity index (χ4n) is 1.37. The summed E-state index contributed by atoms with van der Waals surface area (Å²) in [4.78, 5) is 11.3. The largest absolute Gasteiger partial charge is 0.368 e. The number of rotatable bonds is 5. The van der Waals surface area contributed by atoms with Gasteiger partial charge in [-0.15, -0.1) is 0 Å². The first-order chi connectivity index (χ1) is 7.90. The quantitative estimate of drug-likeness (QED) is 0.877. The van der Waals surface area contributed by atoms with E-state index in [9.17, 15) is 9.18 Å². The first-order valence-corrected chi connectivity index (χ1v) is 6.18. The monoisotopic (exact) mass is 302 g/mol. The van der Waals surface area contributed by atoms with Crippen molar-refractivity contribution < 1.29 is 9.18 Å². The molecule has 1 atom stereocenters. The number of benzene rings is 1. The maximum Gasteiger partial charge on any atom is 0.237 e. The second-order valence-corrected chi connectivity index (χ2v) is 4.96. The van der Waals surface area contributed by atoms with E-state index in [-0.39, 0.29) is 12.4 Å². The van der Waals surface area contributed by atoms with Gasteiger partial charge in [-0.2, -0.15) is 0 Å². The van der Waals surface area contributed by atoms with Gasteiger partial charge in [0.25, 0.3) is 0 Å². The molecule has 0 heterocycles. The molecule has 3 N–H and O–H groups in total. The number of halogens is 2. The first-order valence-electron chi connectivity index (χ1n) is 5.38. The third kappa shape index (κ3) is 3.26. The van der Waals surface area contributed by atoms with Crippen LogP contribution < -0.4 is 11.1 Å². The SMILES string of the molecule is CC[C@@](C)(NCc1c(F)cccc1Br)C(N)=O. The van der Waals surface area contributed by atoms with Crippen LogP contribution in [0.25, 0.3) is 0 Å². The van der Waals surface area contributed by atoms with Crippen molar-refractivity contribution in [3.63, 3.8) is 0 Å². The van der Waals surface area contributed by atoms with Gasteiger partial charge in [0.05, 0.1) is 5.54 Å². The predicted molar refractivity (Wildman–Crippen MR) is 68.8 cm³/mol. The first kappa shape index (κ1) is 14.1. The van der Waals surface area contributed by atoms with Gasteiger partial charge in [0.15, 0.2) is 0 Å². The highest BCUT2D eigenvalue weighted by Gasteiger charge is 2.28. The van der Waals surface area contributed by atoms with E-state index in [1.165, 1.54) is 6.07 Å². The molecule has 1 aromatic carbocycles. The zero-order valence-corrected chi connectivity index (χ0v) is 11.5. The van der Waals surface area contributed by atoms with Gasteiger partial charge >= 0.3 is 0 Å². The minimum Gasteiger partial charge on any atom is -0.368 e. The molecule has 1 rings (SSSR count). The van der Waals surface area contributed by atoms with Gasteiger partial charge in [0, 0.05) is 16.6 Å². The number of primary amides is 1. The molecule has 17 heavy (non-hydrogen) atoms. The molecule has 94 valence electrons. The summed E-state index contributed by atoms with van der Waals surface area (Å²) in [6.45, 7) is 3.82. The molecule has 0 saturated heterocycles. The summed E-state index contributed by atoms with van der Waals surface area (Å²) in [7, 11) is 0. The van der Waals surface area contributed by atoms with Gasteiger partial charge in [0.2, 0.25) is 5.91 Å². The van der Waals surface area contributed by atoms with Gasteiger partial charge in [0.1, 0.15) is 5.82 Å². The Labute approximate surface area is 109 Å². The van der Waals surface area contributed by atoms with Crippen molar-refractivity contribution in [1.82, 2.24) is 5.32 Å². The predicted octanol–water partition coefficient (Wildman–Crippen LogP) is 2.33. The summed E-state index contributed by atoms with van der Waals surface area (Å²) in [6.07, 6.45) is 0.550. The smallest absolute Gasteiger partial charge is 0.237 e. The normalized spacial score (nSPS) is 14.4. The van der Waals surface area contributed by atoms with Crippen LogP contribution in [-0.4, -0.2) is 11.4 Å². The van der Waals surface area contributed by atoms with Crippen molar-refractivity contribution in [2.45, 2.75) is 32.4 Å². The van der Waals surface area contributed by atoms with Crippen molar-refractivity contribution in [2.75, 3.05) is 0 Å². The Kier molecular flexibility index (Phi) is 4.65. The second-order valence-electron chi connectivity index (χ2n) is 4.10. The number of nitrogens with two attached hydrogens (primary N) is 1. The topological polar surface area (TPSA) is 55.1 Å². The fourth-order valence-corrected chi connectivity index (χ4v) is 1.85. The summed E-state index contributed by atoms with van der Waals surface area (Å²) in [5, 5.41) is 3.00. The highest BCUT2D eigenvalue weighted by molar-refractivity contribution is 9.10. The van der Waals surface area contributed by atoms with Gasteiger partial charge in [-0.1, -0.05) is 28.9 Å².